The zero-order chi connectivity index (χ0) is 8.10. The van der Waals surface area contributed by atoms with E-state index in [1.807, 2.05) is 0 Å². The summed E-state index contributed by atoms with van der Waals surface area (Å²) in [6, 6.07) is 0. The second-order valence-electron chi connectivity index (χ2n) is 3.01. The van der Waals surface area contributed by atoms with Crippen LogP contribution in [-0.4, -0.2) is 11.1 Å². The third-order valence-corrected chi connectivity index (χ3v) is 2.12. The molecule has 0 unspecified atom stereocenters. The Bertz CT molecular complexity index is 161. The standard InChI is InChI=1S/C9H14O2/c10-9(11)8-6-4-2-1-3-5-7-8/h1-2,8H,3-7H2,(H,10,11)/b2-1+/t8-/m0/s1. The molecule has 62 valence electrons. The highest BCUT2D eigenvalue weighted by Crippen LogP contribution is 2.18. The number of carboxylic acid groups (broad SMARTS) is 1. The van der Waals surface area contributed by atoms with Gasteiger partial charge in [0.2, 0.25) is 0 Å². The molecule has 2 nitrogen and oxygen atoms in total. The predicted molar refractivity (Wildman–Crippen MR) is 43.4 cm³/mol. The summed E-state index contributed by atoms with van der Waals surface area (Å²) in [5.41, 5.74) is 0. The van der Waals surface area contributed by atoms with Gasteiger partial charge in [-0.1, -0.05) is 12.2 Å². The Morgan fingerprint density at radius 3 is 2.73 bits per heavy atom. The molecule has 1 aliphatic carbocycles. The van der Waals surface area contributed by atoms with Crippen molar-refractivity contribution in [3.8, 4) is 0 Å². The summed E-state index contributed by atoms with van der Waals surface area (Å²) in [4.78, 5) is 10.6. The summed E-state index contributed by atoms with van der Waals surface area (Å²) < 4.78 is 0. The third-order valence-electron chi connectivity index (χ3n) is 2.12. The Morgan fingerprint density at radius 2 is 2.00 bits per heavy atom. The van der Waals surface area contributed by atoms with E-state index in [0.29, 0.717) is 0 Å². The van der Waals surface area contributed by atoms with Crippen molar-refractivity contribution in [2.24, 2.45) is 5.92 Å². The molecular weight excluding hydrogens is 140 g/mol. The molecule has 0 spiro atoms. The first-order valence-corrected chi connectivity index (χ1v) is 4.18. The minimum atomic E-state index is -0.625. The van der Waals surface area contributed by atoms with Crippen molar-refractivity contribution < 1.29 is 9.90 Å². The van der Waals surface area contributed by atoms with Gasteiger partial charge in [-0.3, -0.25) is 4.79 Å². The fraction of sp³-hybridized carbons (Fsp3) is 0.667. The van der Waals surface area contributed by atoms with E-state index in [9.17, 15) is 4.79 Å². The summed E-state index contributed by atoms with van der Waals surface area (Å²) in [5.74, 6) is -0.722. The first kappa shape index (κ1) is 8.31. The lowest BCUT2D eigenvalue weighted by atomic mass is 9.94. The highest BCUT2D eigenvalue weighted by molar-refractivity contribution is 5.69. The summed E-state index contributed by atoms with van der Waals surface area (Å²) >= 11 is 0. The molecule has 2 heteroatoms. The van der Waals surface area contributed by atoms with Gasteiger partial charge in [0.25, 0.3) is 0 Å². The molecule has 1 aliphatic rings. The number of allylic oxidation sites excluding steroid dienone is 2. The second-order valence-corrected chi connectivity index (χ2v) is 3.01. The van der Waals surface area contributed by atoms with Crippen molar-refractivity contribution >= 4 is 5.97 Å². The smallest absolute Gasteiger partial charge is 0.306 e. The van der Waals surface area contributed by atoms with Gasteiger partial charge < -0.3 is 5.11 Å². The zero-order valence-electron chi connectivity index (χ0n) is 6.62. The summed E-state index contributed by atoms with van der Waals surface area (Å²) in [6.07, 6.45) is 8.90. The van der Waals surface area contributed by atoms with Crippen LogP contribution in [0.3, 0.4) is 0 Å². The average Bonchev–Trinajstić information content (AvgIpc) is 1.84. The molecule has 0 heterocycles. The molecular formula is C9H14O2. The van der Waals surface area contributed by atoms with Gasteiger partial charge in [-0.25, -0.2) is 0 Å². The summed E-state index contributed by atoms with van der Waals surface area (Å²) in [5, 5.41) is 8.73. The fourth-order valence-corrected chi connectivity index (χ4v) is 1.41. The lowest BCUT2D eigenvalue weighted by Gasteiger charge is -2.11. The molecule has 0 aromatic carbocycles. The van der Waals surface area contributed by atoms with Gasteiger partial charge in [0.1, 0.15) is 0 Å². The van der Waals surface area contributed by atoms with E-state index in [4.69, 9.17) is 5.11 Å². The van der Waals surface area contributed by atoms with Crippen molar-refractivity contribution in [3.05, 3.63) is 12.2 Å². The second kappa shape index (κ2) is 4.16. The summed E-state index contributed by atoms with van der Waals surface area (Å²) in [7, 11) is 0. The molecule has 0 fully saturated rings. The van der Waals surface area contributed by atoms with Gasteiger partial charge in [-0.15, -0.1) is 0 Å². The predicted octanol–water partition coefficient (Wildman–Crippen LogP) is 2.21. The normalized spacial score (nSPS) is 28.5. The van der Waals surface area contributed by atoms with Gasteiger partial charge in [0, 0.05) is 0 Å². The van der Waals surface area contributed by atoms with E-state index in [0.717, 1.165) is 32.1 Å². The first-order chi connectivity index (χ1) is 5.30. The lowest BCUT2D eigenvalue weighted by molar-refractivity contribution is -0.142. The van der Waals surface area contributed by atoms with Crippen LogP contribution >= 0.6 is 0 Å². The van der Waals surface area contributed by atoms with Crippen LogP contribution in [0.25, 0.3) is 0 Å². The topological polar surface area (TPSA) is 37.3 Å². The quantitative estimate of drug-likeness (QED) is 0.588. The van der Waals surface area contributed by atoms with Crippen molar-refractivity contribution in [1.82, 2.24) is 0 Å². The Balaban J connectivity index is 2.42. The molecule has 11 heavy (non-hydrogen) atoms. The molecule has 0 aromatic heterocycles. The van der Waals surface area contributed by atoms with Crippen molar-refractivity contribution in [3.63, 3.8) is 0 Å². The molecule has 1 atom stereocenters. The van der Waals surface area contributed by atoms with Crippen LogP contribution in [0, 0.1) is 5.92 Å². The van der Waals surface area contributed by atoms with E-state index < -0.39 is 5.97 Å². The van der Waals surface area contributed by atoms with Crippen LogP contribution < -0.4 is 0 Å². The summed E-state index contributed by atoms with van der Waals surface area (Å²) in [6.45, 7) is 0. The van der Waals surface area contributed by atoms with E-state index in [1.54, 1.807) is 0 Å². The minimum Gasteiger partial charge on any atom is -0.481 e. The lowest BCUT2D eigenvalue weighted by Crippen LogP contribution is -2.13. The Hall–Kier alpha value is -0.790. The van der Waals surface area contributed by atoms with Gasteiger partial charge in [0.05, 0.1) is 5.92 Å². The number of rotatable bonds is 1. The first-order valence-electron chi connectivity index (χ1n) is 4.18. The highest BCUT2D eigenvalue weighted by atomic mass is 16.4. The van der Waals surface area contributed by atoms with Crippen LogP contribution in [0.1, 0.15) is 32.1 Å². The van der Waals surface area contributed by atoms with E-state index >= 15 is 0 Å². The monoisotopic (exact) mass is 154 g/mol. The Kier molecular flexibility index (Phi) is 3.14. The molecule has 0 saturated carbocycles. The number of carboxylic acids is 1. The molecule has 1 N–H and O–H groups in total. The Morgan fingerprint density at radius 1 is 1.27 bits per heavy atom. The maximum absolute atomic E-state index is 10.6. The fourth-order valence-electron chi connectivity index (χ4n) is 1.41. The molecule has 0 radical (unpaired) electrons. The molecule has 0 amide bonds. The molecule has 0 bridgehead atoms. The van der Waals surface area contributed by atoms with Crippen molar-refractivity contribution in [1.29, 1.82) is 0 Å². The highest BCUT2D eigenvalue weighted by Gasteiger charge is 2.16. The van der Waals surface area contributed by atoms with Gasteiger partial charge in [-0.05, 0) is 32.1 Å². The largest absolute Gasteiger partial charge is 0.481 e. The van der Waals surface area contributed by atoms with Crippen LogP contribution in [0.15, 0.2) is 12.2 Å². The number of hydrogen-bond acceptors (Lipinski definition) is 1. The van der Waals surface area contributed by atoms with Gasteiger partial charge in [-0.2, -0.15) is 0 Å². The maximum atomic E-state index is 10.6. The third kappa shape index (κ3) is 2.74. The van der Waals surface area contributed by atoms with Crippen LogP contribution in [-0.2, 0) is 4.79 Å². The number of aliphatic carboxylic acids is 1. The van der Waals surface area contributed by atoms with Crippen molar-refractivity contribution in [2.45, 2.75) is 32.1 Å². The minimum absolute atomic E-state index is 0.0973. The number of hydrogen-bond donors (Lipinski definition) is 1. The van der Waals surface area contributed by atoms with Crippen LogP contribution in [0.5, 0.6) is 0 Å². The molecule has 1 rings (SSSR count). The van der Waals surface area contributed by atoms with Crippen LogP contribution in [0.2, 0.25) is 0 Å². The molecule has 0 saturated heterocycles. The zero-order valence-corrected chi connectivity index (χ0v) is 6.62. The molecule has 0 aromatic rings. The van der Waals surface area contributed by atoms with E-state index in [-0.39, 0.29) is 5.92 Å². The SMILES string of the molecule is O=C(O)[C@H]1CC/C=C/CCC1. The van der Waals surface area contributed by atoms with Gasteiger partial charge >= 0.3 is 5.97 Å². The van der Waals surface area contributed by atoms with Gasteiger partial charge in [0.15, 0.2) is 0 Å². The Labute approximate surface area is 66.9 Å². The van der Waals surface area contributed by atoms with Crippen LogP contribution in [0.4, 0.5) is 0 Å². The maximum Gasteiger partial charge on any atom is 0.306 e. The molecule has 0 aliphatic heterocycles. The van der Waals surface area contributed by atoms with E-state index in [1.165, 1.54) is 0 Å². The van der Waals surface area contributed by atoms with Crippen molar-refractivity contribution in [2.75, 3.05) is 0 Å². The number of carbonyl (C=O) groups is 1. The van der Waals surface area contributed by atoms with E-state index in [2.05, 4.69) is 12.2 Å². The average molecular weight is 154 g/mol.